The minimum absolute atomic E-state index is 0.0962. The van der Waals surface area contributed by atoms with Crippen LogP contribution in [0.5, 0.6) is 17.2 Å². The van der Waals surface area contributed by atoms with Gasteiger partial charge in [-0.1, -0.05) is 0 Å². The van der Waals surface area contributed by atoms with Crippen molar-refractivity contribution in [3.05, 3.63) is 42.5 Å². The SMILES string of the molecule is COc1ccc(N2CCN(C(=O)Nc3ccc4c(c3)OCCO4)CC2)cc1. The van der Waals surface area contributed by atoms with E-state index in [0.29, 0.717) is 43.5 Å². The summed E-state index contributed by atoms with van der Waals surface area (Å²) in [6, 6.07) is 13.4. The van der Waals surface area contributed by atoms with E-state index >= 15 is 0 Å². The molecule has 0 radical (unpaired) electrons. The van der Waals surface area contributed by atoms with E-state index in [0.717, 1.165) is 24.5 Å². The van der Waals surface area contributed by atoms with Crippen molar-refractivity contribution in [1.29, 1.82) is 0 Å². The number of methoxy groups -OCH3 is 1. The van der Waals surface area contributed by atoms with Crippen molar-refractivity contribution in [1.82, 2.24) is 4.90 Å². The molecular weight excluding hydrogens is 346 g/mol. The van der Waals surface area contributed by atoms with Crippen LogP contribution in [0.25, 0.3) is 0 Å². The number of rotatable bonds is 3. The van der Waals surface area contributed by atoms with Gasteiger partial charge in [-0.3, -0.25) is 0 Å². The summed E-state index contributed by atoms with van der Waals surface area (Å²) in [5.41, 5.74) is 1.85. The molecule has 27 heavy (non-hydrogen) atoms. The fourth-order valence-electron chi connectivity index (χ4n) is 3.28. The first-order valence-corrected chi connectivity index (χ1v) is 9.07. The van der Waals surface area contributed by atoms with Gasteiger partial charge in [0.1, 0.15) is 19.0 Å². The van der Waals surface area contributed by atoms with Crippen LogP contribution in [0, 0.1) is 0 Å². The van der Waals surface area contributed by atoms with E-state index in [9.17, 15) is 4.79 Å². The van der Waals surface area contributed by atoms with Crippen LogP contribution in [0.1, 0.15) is 0 Å². The maximum atomic E-state index is 12.6. The molecule has 0 spiro atoms. The van der Waals surface area contributed by atoms with Crippen LogP contribution in [0.4, 0.5) is 16.2 Å². The maximum Gasteiger partial charge on any atom is 0.321 e. The normalized spacial score (nSPS) is 16.0. The third-order valence-corrected chi connectivity index (χ3v) is 4.80. The fraction of sp³-hybridized carbons (Fsp3) is 0.350. The molecule has 4 rings (SSSR count). The zero-order valence-corrected chi connectivity index (χ0v) is 15.3. The number of piperazine rings is 1. The second-order valence-electron chi connectivity index (χ2n) is 6.46. The van der Waals surface area contributed by atoms with Crippen LogP contribution in [-0.4, -0.2) is 57.4 Å². The summed E-state index contributed by atoms with van der Waals surface area (Å²) in [4.78, 5) is 16.7. The predicted molar refractivity (Wildman–Crippen MR) is 103 cm³/mol. The number of anilines is 2. The molecule has 2 aliphatic heterocycles. The number of fused-ring (bicyclic) bond motifs is 1. The van der Waals surface area contributed by atoms with Crippen molar-refractivity contribution >= 4 is 17.4 Å². The van der Waals surface area contributed by atoms with E-state index in [4.69, 9.17) is 14.2 Å². The summed E-state index contributed by atoms with van der Waals surface area (Å²) in [6.07, 6.45) is 0. The van der Waals surface area contributed by atoms with Gasteiger partial charge in [-0.2, -0.15) is 0 Å². The molecule has 2 aromatic rings. The van der Waals surface area contributed by atoms with Crippen LogP contribution < -0.4 is 24.4 Å². The maximum absolute atomic E-state index is 12.6. The molecule has 0 saturated carbocycles. The third-order valence-electron chi connectivity index (χ3n) is 4.80. The number of nitrogens with zero attached hydrogens (tertiary/aromatic N) is 2. The molecule has 2 aliphatic rings. The van der Waals surface area contributed by atoms with Crippen molar-refractivity contribution in [3.8, 4) is 17.2 Å². The van der Waals surface area contributed by atoms with Crippen molar-refractivity contribution in [2.24, 2.45) is 0 Å². The highest BCUT2D eigenvalue weighted by Crippen LogP contribution is 2.32. The summed E-state index contributed by atoms with van der Waals surface area (Å²) < 4.78 is 16.3. The molecule has 0 aromatic heterocycles. The molecule has 7 heteroatoms. The first kappa shape index (κ1) is 17.3. The number of carbonyl (C=O) groups excluding carboxylic acids is 1. The first-order valence-electron chi connectivity index (χ1n) is 9.07. The lowest BCUT2D eigenvalue weighted by molar-refractivity contribution is 0.171. The van der Waals surface area contributed by atoms with Crippen LogP contribution in [-0.2, 0) is 0 Å². The van der Waals surface area contributed by atoms with Gasteiger partial charge in [0.25, 0.3) is 0 Å². The molecule has 2 heterocycles. The minimum Gasteiger partial charge on any atom is -0.497 e. The highest BCUT2D eigenvalue weighted by Gasteiger charge is 2.22. The third kappa shape index (κ3) is 3.86. The Hall–Kier alpha value is -3.09. The smallest absolute Gasteiger partial charge is 0.321 e. The van der Waals surface area contributed by atoms with Crippen molar-refractivity contribution in [3.63, 3.8) is 0 Å². The van der Waals surface area contributed by atoms with E-state index in [2.05, 4.69) is 10.2 Å². The first-order chi connectivity index (χ1) is 13.2. The Morgan fingerprint density at radius 2 is 1.67 bits per heavy atom. The van der Waals surface area contributed by atoms with Gasteiger partial charge in [0.05, 0.1) is 7.11 Å². The summed E-state index contributed by atoms with van der Waals surface area (Å²) in [6.45, 7) is 4.00. The van der Waals surface area contributed by atoms with Gasteiger partial charge in [0.2, 0.25) is 0 Å². The van der Waals surface area contributed by atoms with Gasteiger partial charge in [-0.05, 0) is 36.4 Å². The number of benzene rings is 2. The summed E-state index contributed by atoms with van der Waals surface area (Å²) >= 11 is 0. The van der Waals surface area contributed by atoms with Crippen LogP contribution in [0.3, 0.4) is 0 Å². The predicted octanol–water partition coefficient (Wildman–Crippen LogP) is 2.82. The van der Waals surface area contributed by atoms with Crippen molar-refractivity contribution in [2.75, 3.05) is 56.7 Å². The molecule has 7 nitrogen and oxygen atoms in total. The number of hydrogen-bond acceptors (Lipinski definition) is 5. The van der Waals surface area contributed by atoms with Crippen molar-refractivity contribution < 1.29 is 19.0 Å². The Balaban J connectivity index is 1.33. The Bertz CT molecular complexity index is 801. The van der Waals surface area contributed by atoms with Gasteiger partial charge in [-0.25, -0.2) is 4.79 Å². The average Bonchev–Trinajstić information content (AvgIpc) is 2.74. The largest absolute Gasteiger partial charge is 0.497 e. The number of hydrogen-bond donors (Lipinski definition) is 1. The second kappa shape index (κ2) is 7.65. The Kier molecular flexibility index (Phi) is 4.91. The van der Waals surface area contributed by atoms with E-state index in [1.165, 1.54) is 0 Å². The van der Waals surface area contributed by atoms with Gasteiger partial charge < -0.3 is 29.3 Å². The van der Waals surface area contributed by atoms with Gasteiger partial charge in [0, 0.05) is 43.6 Å². The fourth-order valence-corrected chi connectivity index (χ4v) is 3.28. The molecule has 2 aromatic carbocycles. The van der Waals surface area contributed by atoms with Crippen molar-refractivity contribution in [2.45, 2.75) is 0 Å². The molecule has 142 valence electrons. The zero-order chi connectivity index (χ0) is 18.6. The molecular formula is C20H23N3O4. The lowest BCUT2D eigenvalue weighted by Crippen LogP contribution is -2.50. The average molecular weight is 369 g/mol. The highest BCUT2D eigenvalue weighted by molar-refractivity contribution is 5.90. The summed E-state index contributed by atoms with van der Waals surface area (Å²) in [5.74, 6) is 2.23. The Morgan fingerprint density at radius 3 is 2.37 bits per heavy atom. The number of ether oxygens (including phenoxy) is 3. The van der Waals surface area contributed by atoms with Gasteiger partial charge in [0.15, 0.2) is 11.5 Å². The number of carbonyl (C=O) groups is 1. The molecule has 2 amide bonds. The minimum atomic E-state index is -0.0962. The Morgan fingerprint density at radius 1 is 0.963 bits per heavy atom. The highest BCUT2D eigenvalue weighted by atomic mass is 16.6. The molecule has 0 atom stereocenters. The molecule has 0 aliphatic carbocycles. The quantitative estimate of drug-likeness (QED) is 0.901. The Labute approximate surface area is 158 Å². The summed E-state index contributed by atoms with van der Waals surface area (Å²) in [5, 5.41) is 2.95. The second-order valence-corrected chi connectivity index (χ2v) is 6.46. The monoisotopic (exact) mass is 369 g/mol. The standard InChI is InChI=1S/C20H23N3O4/c1-25-17-5-3-16(4-6-17)22-8-10-23(11-9-22)20(24)21-15-2-7-18-19(14-15)27-13-12-26-18/h2-7,14H,8-13H2,1H3,(H,21,24). The van der Waals surface area contributed by atoms with Gasteiger partial charge in [-0.15, -0.1) is 0 Å². The van der Waals surface area contributed by atoms with E-state index in [1.807, 2.05) is 41.3 Å². The van der Waals surface area contributed by atoms with Crippen LogP contribution in [0.15, 0.2) is 42.5 Å². The molecule has 1 fully saturated rings. The number of amides is 2. The van der Waals surface area contributed by atoms with Gasteiger partial charge >= 0.3 is 6.03 Å². The molecule has 0 bridgehead atoms. The topological polar surface area (TPSA) is 63.3 Å². The van der Waals surface area contributed by atoms with E-state index in [-0.39, 0.29) is 6.03 Å². The van der Waals surface area contributed by atoms with E-state index < -0.39 is 0 Å². The number of nitrogens with one attached hydrogen (secondary N) is 1. The lowest BCUT2D eigenvalue weighted by atomic mass is 10.2. The van der Waals surface area contributed by atoms with Crippen LogP contribution >= 0.6 is 0 Å². The molecule has 0 unspecified atom stereocenters. The van der Waals surface area contributed by atoms with E-state index in [1.54, 1.807) is 13.2 Å². The zero-order valence-electron chi connectivity index (χ0n) is 15.3. The number of urea groups is 1. The molecule has 1 saturated heterocycles. The summed E-state index contributed by atoms with van der Waals surface area (Å²) in [7, 11) is 1.66. The molecule has 1 N–H and O–H groups in total. The lowest BCUT2D eigenvalue weighted by Gasteiger charge is -2.36. The van der Waals surface area contributed by atoms with Crippen LogP contribution in [0.2, 0.25) is 0 Å².